The monoisotopic (exact) mass is 147 g/mol. The highest BCUT2D eigenvalue weighted by atomic mass is 35.5. The minimum Gasteiger partial charge on any atom is -0.316 e. The molecule has 3 nitrogen and oxygen atoms in total. The van der Waals surface area contributed by atoms with Gasteiger partial charge in [-0.25, -0.2) is 0 Å². The second-order valence-corrected chi connectivity index (χ2v) is 1.64. The molecule has 1 rings (SSSR count). The van der Waals surface area contributed by atoms with E-state index in [9.17, 15) is 0 Å². The zero-order chi connectivity index (χ0) is 5.82. The molecular weight excluding hydrogens is 138 g/mol. The van der Waals surface area contributed by atoms with Crippen molar-refractivity contribution in [2.75, 3.05) is 7.05 Å². The molecule has 0 amide bonds. The van der Waals surface area contributed by atoms with Gasteiger partial charge in [0.15, 0.2) is 0 Å². The standard InChI is InChI=1S/C5H9N3.ClH/c1-6-2-5-3-7-8-4-5;/h3-4,6H,2H2,1H3,(H,7,8);1H. The molecule has 0 aliphatic carbocycles. The lowest BCUT2D eigenvalue weighted by Gasteiger charge is -1.88. The van der Waals surface area contributed by atoms with E-state index in [1.54, 1.807) is 6.20 Å². The molecule has 0 aliphatic rings. The lowest BCUT2D eigenvalue weighted by molar-refractivity contribution is 0.818. The van der Waals surface area contributed by atoms with E-state index in [-0.39, 0.29) is 12.4 Å². The lowest BCUT2D eigenvalue weighted by Crippen LogP contribution is -2.03. The summed E-state index contributed by atoms with van der Waals surface area (Å²) < 4.78 is 0. The van der Waals surface area contributed by atoms with Gasteiger partial charge in [-0.1, -0.05) is 0 Å². The Balaban J connectivity index is 0.000000640. The summed E-state index contributed by atoms with van der Waals surface area (Å²) in [5.41, 5.74) is 1.19. The summed E-state index contributed by atoms with van der Waals surface area (Å²) in [7, 11) is 1.91. The molecule has 0 aliphatic heterocycles. The summed E-state index contributed by atoms with van der Waals surface area (Å²) in [6.45, 7) is 0.885. The first-order chi connectivity index (χ1) is 3.93. The molecule has 0 saturated carbocycles. The second kappa shape index (κ2) is 4.35. The molecule has 0 saturated heterocycles. The first-order valence-electron chi connectivity index (χ1n) is 2.55. The molecular formula is C5H10ClN3. The van der Waals surface area contributed by atoms with Crippen LogP contribution in [0.2, 0.25) is 0 Å². The number of nitrogens with one attached hydrogen (secondary N) is 2. The Kier molecular flexibility index (Phi) is 4.09. The van der Waals surface area contributed by atoms with Crippen molar-refractivity contribution < 1.29 is 0 Å². The highest BCUT2D eigenvalue weighted by Gasteiger charge is 1.86. The summed E-state index contributed by atoms with van der Waals surface area (Å²) in [5.74, 6) is 0. The van der Waals surface area contributed by atoms with Gasteiger partial charge in [-0.05, 0) is 7.05 Å². The van der Waals surface area contributed by atoms with E-state index >= 15 is 0 Å². The van der Waals surface area contributed by atoms with Crippen LogP contribution in [0.15, 0.2) is 12.4 Å². The van der Waals surface area contributed by atoms with E-state index in [4.69, 9.17) is 0 Å². The molecule has 9 heavy (non-hydrogen) atoms. The normalized spacial score (nSPS) is 8.56. The van der Waals surface area contributed by atoms with E-state index < -0.39 is 0 Å². The van der Waals surface area contributed by atoms with E-state index in [1.807, 2.05) is 13.2 Å². The number of halogens is 1. The van der Waals surface area contributed by atoms with Crippen LogP contribution in [0.25, 0.3) is 0 Å². The van der Waals surface area contributed by atoms with Gasteiger partial charge in [-0.2, -0.15) is 5.10 Å². The molecule has 4 heteroatoms. The predicted octanol–water partition coefficient (Wildman–Crippen LogP) is 0.551. The number of hydrogen-bond acceptors (Lipinski definition) is 2. The Morgan fingerprint density at radius 1 is 1.78 bits per heavy atom. The van der Waals surface area contributed by atoms with Crippen LogP contribution in [-0.2, 0) is 6.54 Å². The predicted molar refractivity (Wildman–Crippen MR) is 38.6 cm³/mol. The van der Waals surface area contributed by atoms with Crippen molar-refractivity contribution in [1.82, 2.24) is 15.5 Å². The van der Waals surface area contributed by atoms with E-state index in [1.165, 1.54) is 5.56 Å². The van der Waals surface area contributed by atoms with Crippen LogP contribution >= 0.6 is 12.4 Å². The van der Waals surface area contributed by atoms with Crippen LogP contribution in [0, 0.1) is 0 Å². The zero-order valence-corrected chi connectivity index (χ0v) is 6.03. The Bertz CT molecular complexity index is 138. The molecule has 0 radical (unpaired) electrons. The van der Waals surface area contributed by atoms with E-state index in [0.717, 1.165) is 6.54 Å². The Labute approximate surface area is 60.3 Å². The molecule has 1 aromatic heterocycles. The number of rotatable bonds is 2. The van der Waals surface area contributed by atoms with Gasteiger partial charge in [0.2, 0.25) is 0 Å². The average Bonchev–Trinajstić information content (AvgIpc) is 2.19. The first kappa shape index (κ1) is 8.46. The summed E-state index contributed by atoms with van der Waals surface area (Å²) in [4.78, 5) is 0. The van der Waals surface area contributed by atoms with Crippen molar-refractivity contribution in [3.63, 3.8) is 0 Å². The molecule has 0 bridgehead atoms. The topological polar surface area (TPSA) is 40.7 Å². The smallest absolute Gasteiger partial charge is 0.0532 e. The maximum absolute atomic E-state index is 3.78. The van der Waals surface area contributed by atoms with Gasteiger partial charge in [0.25, 0.3) is 0 Å². The molecule has 1 heterocycles. The van der Waals surface area contributed by atoms with Gasteiger partial charge in [-0.3, -0.25) is 5.10 Å². The van der Waals surface area contributed by atoms with Crippen molar-refractivity contribution in [2.24, 2.45) is 0 Å². The highest BCUT2D eigenvalue weighted by Crippen LogP contribution is 1.89. The molecule has 2 N–H and O–H groups in total. The second-order valence-electron chi connectivity index (χ2n) is 1.64. The van der Waals surface area contributed by atoms with Gasteiger partial charge in [0.1, 0.15) is 0 Å². The minimum absolute atomic E-state index is 0. The zero-order valence-electron chi connectivity index (χ0n) is 5.22. The van der Waals surface area contributed by atoms with Crippen molar-refractivity contribution in [3.8, 4) is 0 Å². The molecule has 1 aromatic rings. The van der Waals surface area contributed by atoms with Crippen molar-refractivity contribution in [1.29, 1.82) is 0 Å². The van der Waals surface area contributed by atoms with Crippen LogP contribution in [0.4, 0.5) is 0 Å². The third kappa shape index (κ3) is 2.49. The summed E-state index contributed by atoms with van der Waals surface area (Å²) >= 11 is 0. The third-order valence-electron chi connectivity index (χ3n) is 0.936. The largest absolute Gasteiger partial charge is 0.316 e. The van der Waals surface area contributed by atoms with Gasteiger partial charge in [0, 0.05) is 18.3 Å². The van der Waals surface area contributed by atoms with Gasteiger partial charge < -0.3 is 5.32 Å². The molecule has 0 atom stereocenters. The van der Waals surface area contributed by atoms with E-state index in [0.29, 0.717) is 0 Å². The average molecular weight is 148 g/mol. The summed E-state index contributed by atoms with van der Waals surface area (Å²) in [5, 5.41) is 9.51. The number of hydrogen-bond donors (Lipinski definition) is 2. The molecule has 0 spiro atoms. The number of H-pyrrole nitrogens is 1. The van der Waals surface area contributed by atoms with Crippen molar-refractivity contribution in [3.05, 3.63) is 18.0 Å². The number of aromatic nitrogens is 2. The van der Waals surface area contributed by atoms with Gasteiger partial charge in [-0.15, -0.1) is 12.4 Å². The molecule has 0 aromatic carbocycles. The summed E-state index contributed by atoms with van der Waals surface area (Å²) in [6.07, 6.45) is 3.67. The molecule has 52 valence electrons. The fraction of sp³-hybridized carbons (Fsp3) is 0.400. The van der Waals surface area contributed by atoms with Crippen LogP contribution < -0.4 is 5.32 Å². The Hall–Kier alpha value is -0.540. The minimum atomic E-state index is 0. The Morgan fingerprint density at radius 3 is 3.00 bits per heavy atom. The van der Waals surface area contributed by atoms with Gasteiger partial charge in [0.05, 0.1) is 6.20 Å². The maximum atomic E-state index is 3.78. The maximum Gasteiger partial charge on any atom is 0.0532 e. The molecule has 0 fully saturated rings. The quantitative estimate of drug-likeness (QED) is 0.642. The highest BCUT2D eigenvalue weighted by molar-refractivity contribution is 5.85. The van der Waals surface area contributed by atoms with Crippen molar-refractivity contribution >= 4 is 12.4 Å². The Morgan fingerprint density at radius 2 is 2.56 bits per heavy atom. The fourth-order valence-corrected chi connectivity index (χ4v) is 0.578. The first-order valence-corrected chi connectivity index (χ1v) is 2.55. The number of nitrogens with zero attached hydrogens (tertiary/aromatic N) is 1. The van der Waals surface area contributed by atoms with Crippen LogP contribution in [0.3, 0.4) is 0 Å². The third-order valence-corrected chi connectivity index (χ3v) is 0.936. The van der Waals surface area contributed by atoms with E-state index in [2.05, 4.69) is 15.5 Å². The molecule has 0 unspecified atom stereocenters. The van der Waals surface area contributed by atoms with Crippen molar-refractivity contribution in [2.45, 2.75) is 6.54 Å². The SMILES string of the molecule is CNCc1cn[nH]c1.Cl. The van der Waals surface area contributed by atoms with Gasteiger partial charge >= 0.3 is 0 Å². The summed E-state index contributed by atoms with van der Waals surface area (Å²) in [6, 6.07) is 0. The lowest BCUT2D eigenvalue weighted by atomic mass is 10.4. The van der Waals surface area contributed by atoms with Crippen LogP contribution in [0.1, 0.15) is 5.56 Å². The van der Waals surface area contributed by atoms with Crippen LogP contribution in [0.5, 0.6) is 0 Å². The number of aromatic amines is 1. The fourth-order valence-electron chi connectivity index (χ4n) is 0.578. The van der Waals surface area contributed by atoms with Crippen LogP contribution in [-0.4, -0.2) is 17.2 Å².